The van der Waals surface area contributed by atoms with Crippen LogP contribution in [0, 0.1) is 0 Å². The number of benzene rings is 2. The lowest BCUT2D eigenvalue weighted by Crippen LogP contribution is -2.41. The van der Waals surface area contributed by atoms with Crippen LogP contribution < -0.4 is 19.1 Å². The molecule has 1 saturated heterocycles. The zero-order chi connectivity index (χ0) is 21.3. The Labute approximate surface area is 170 Å². The van der Waals surface area contributed by atoms with E-state index in [0.29, 0.717) is 11.5 Å². The van der Waals surface area contributed by atoms with E-state index in [9.17, 15) is 12.3 Å². The summed E-state index contributed by atoms with van der Waals surface area (Å²) in [5.41, 5.74) is 0.0704. The van der Waals surface area contributed by atoms with Crippen LogP contribution in [0.3, 0.4) is 0 Å². The van der Waals surface area contributed by atoms with Gasteiger partial charge in [0.05, 0.1) is 11.2 Å². The molecule has 29 heavy (non-hydrogen) atoms. The number of rotatable bonds is 7. The van der Waals surface area contributed by atoms with Crippen molar-refractivity contribution in [2.45, 2.75) is 38.9 Å². The summed E-state index contributed by atoms with van der Waals surface area (Å²) in [4.78, 5) is 0. The second-order valence-corrected chi connectivity index (χ2v) is 8.46. The third-order valence-electron chi connectivity index (χ3n) is 4.88. The van der Waals surface area contributed by atoms with Gasteiger partial charge >= 0.3 is 17.6 Å². The quantitative estimate of drug-likeness (QED) is 0.384. The molecule has 10 heteroatoms. The maximum atomic E-state index is 12.5. The van der Waals surface area contributed by atoms with Gasteiger partial charge in [0.2, 0.25) is 6.79 Å². The van der Waals surface area contributed by atoms with Crippen LogP contribution >= 0.6 is 0 Å². The van der Waals surface area contributed by atoms with Crippen LogP contribution in [-0.2, 0) is 19.8 Å². The molecule has 0 N–H and O–H groups in total. The molecule has 1 aliphatic rings. The summed E-state index contributed by atoms with van der Waals surface area (Å²) >= 11 is 0. The van der Waals surface area contributed by atoms with E-state index in [1.165, 1.54) is 24.3 Å². The molecule has 0 spiro atoms. The highest BCUT2D eigenvalue weighted by molar-refractivity contribution is 7.81. The van der Waals surface area contributed by atoms with Gasteiger partial charge in [0.25, 0.3) is 0 Å². The summed E-state index contributed by atoms with van der Waals surface area (Å²) in [6, 6.07) is 12.7. The normalized spacial score (nSPS) is 17.8. The maximum Gasteiger partial charge on any atom is 0.494 e. The Morgan fingerprint density at radius 3 is 1.69 bits per heavy atom. The molecule has 0 aliphatic carbocycles. The molecule has 7 nitrogen and oxygen atoms in total. The Bertz CT molecular complexity index is 928. The fourth-order valence-electron chi connectivity index (χ4n) is 2.57. The molecule has 1 aliphatic heterocycles. The first-order valence-corrected chi connectivity index (χ1v) is 10.2. The van der Waals surface area contributed by atoms with Gasteiger partial charge in [0.15, 0.2) is 0 Å². The summed E-state index contributed by atoms with van der Waals surface area (Å²) in [5.74, 6) is 0.843. The molecule has 1 heterocycles. The fraction of sp³-hybridized carbons (Fsp3) is 0.368. The zero-order valence-electron chi connectivity index (χ0n) is 16.5. The Morgan fingerprint density at radius 2 is 1.24 bits per heavy atom. The van der Waals surface area contributed by atoms with Crippen molar-refractivity contribution in [1.29, 1.82) is 0 Å². The summed E-state index contributed by atoms with van der Waals surface area (Å²) in [5, 5.41) is 0. The summed E-state index contributed by atoms with van der Waals surface area (Å²) in [7, 11) is -5.49. The lowest BCUT2D eigenvalue weighted by molar-refractivity contribution is 0.00578. The van der Waals surface area contributed by atoms with Crippen molar-refractivity contribution in [3.8, 4) is 17.2 Å². The van der Waals surface area contributed by atoms with Crippen molar-refractivity contribution in [3.63, 3.8) is 0 Å². The van der Waals surface area contributed by atoms with Gasteiger partial charge in [-0.3, -0.25) is 0 Å². The van der Waals surface area contributed by atoms with E-state index in [-0.39, 0.29) is 12.5 Å². The van der Waals surface area contributed by atoms with E-state index in [2.05, 4.69) is 4.18 Å². The van der Waals surface area contributed by atoms with Gasteiger partial charge in [-0.15, -0.1) is 0 Å². The fourth-order valence-corrected chi connectivity index (χ4v) is 2.91. The summed E-state index contributed by atoms with van der Waals surface area (Å²) in [6.45, 7) is 7.92. The zero-order valence-corrected chi connectivity index (χ0v) is 17.4. The topological polar surface area (TPSA) is 80.3 Å². The van der Waals surface area contributed by atoms with Gasteiger partial charge in [0.1, 0.15) is 17.2 Å². The predicted octanol–water partition coefficient (Wildman–Crippen LogP) is 2.99. The minimum atomic E-state index is -5.05. The van der Waals surface area contributed by atoms with E-state index >= 15 is 0 Å². The second kappa shape index (κ2) is 7.85. The lowest BCUT2D eigenvalue weighted by atomic mass is 9.79. The average molecular weight is 424 g/mol. The van der Waals surface area contributed by atoms with Crippen molar-refractivity contribution in [3.05, 3.63) is 48.5 Å². The van der Waals surface area contributed by atoms with E-state index in [1.807, 2.05) is 39.8 Å². The largest absolute Gasteiger partial charge is 0.494 e. The second-order valence-electron chi connectivity index (χ2n) is 7.51. The van der Waals surface area contributed by atoms with E-state index < -0.39 is 28.8 Å². The van der Waals surface area contributed by atoms with Gasteiger partial charge in [-0.1, -0.05) is 16.0 Å². The molecule has 0 atom stereocenters. The molecule has 1 fully saturated rings. The van der Waals surface area contributed by atoms with Crippen LogP contribution in [-0.4, -0.2) is 33.5 Å². The molecule has 2 aromatic rings. The minimum Gasteiger partial charge on any atom is -0.458 e. The summed E-state index contributed by atoms with van der Waals surface area (Å²) < 4.78 is 60.4. The van der Waals surface area contributed by atoms with Crippen LogP contribution in [0.1, 0.15) is 27.7 Å². The van der Waals surface area contributed by atoms with Crippen molar-refractivity contribution in [2.24, 2.45) is 0 Å². The van der Waals surface area contributed by atoms with Crippen LogP contribution in [0.25, 0.3) is 0 Å². The molecule has 0 bridgehead atoms. The molecule has 2 aromatic carbocycles. The van der Waals surface area contributed by atoms with Gasteiger partial charge in [-0.05, 0) is 69.6 Å². The first-order valence-electron chi connectivity index (χ1n) is 8.91. The molecular weight excluding hydrogens is 402 g/mol. The van der Waals surface area contributed by atoms with Crippen molar-refractivity contribution in [1.82, 2.24) is 0 Å². The van der Waals surface area contributed by atoms with Gasteiger partial charge in [0, 0.05) is 0 Å². The van der Waals surface area contributed by atoms with Crippen LogP contribution in [0.5, 0.6) is 17.2 Å². The molecular formula is C19H22BFO7S. The van der Waals surface area contributed by atoms with E-state index in [0.717, 1.165) is 5.46 Å². The lowest BCUT2D eigenvalue weighted by Gasteiger charge is -2.32. The van der Waals surface area contributed by atoms with Crippen molar-refractivity contribution in [2.75, 3.05) is 6.79 Å². The van der Waals surface area contributed by atoms with Crippen molar-refractivity contribution < 1.29 is 35.3 Å². The van der Waals surface area contributed by atoms with Gasteiger partial charge in [-0.2, -0.15) is 8.42 Å². The smallest absolute Gasteiger partial charge is 0.458 e. The van der Waals surface area contributed by atoms with Crippen molar-refractivity contribution >= 4 is 23.1 Å². The Balaban J connectivity index is 1.51. The first-order chi connectivity index (χ1) is 13.5. The van der Waals surface area contributed by atoms with Crippen LogP contribution in [0.4, 0.5) is 3.89 Å². The van der Waals surface area contributed by atoms with Crippen LogP contribution in [0.15, 0.2) is 48.5 Å². The molecule has 156 valence electrons. The predicted molar refractivity (Wildman–Crippen MR) is 105 cm³/mol. The number of halogens is 1. The van der Waals surface area contributed by atoms with E-state index in [1.54, 1.807) is 12.1 Å². The third kappa shape index (κ3) is 5.40. The maximum absolute atomic E-state index is 12.5. The molecule has 0 aromatic heterocycles. The Kier molecular flexibility index (Phi) is 5.80. The summed E-state index contributed by atoms with van der Waals surface area (Å²) in [6.07, 6.45) is 0. The standard InChI is InChI=1S/C19H22BFO7S/c1-18(2)19(3,4)28-20(27-18)14-5-7-15(8-6-14)24-13-25-16-9-11-17(12-10-16)26-29(21,22)23/h5-12H,13H2,1-4H3. The molecule has 0 unspecified atom stereocenters. The highest BCUT2D eigenvalue weighted by Gasteiger charge is 2.51. The average Bonchev–Trinajstić information content (AvgIpc) is 2.83. The monoisotopic (exact) mass is 424 g/mol. The number of hydrogen-bond acceptors (Lipinski definition) is 7. The number of ether oxygens (including phenoxy) is 2. The third-order valence-corrected chi connectivity index (χ3v) is 5.27. The molecule has 0 amide bonds. The van der Waals surface area contributed by atoms with Gasteiger partial charge in [-0.25, -0.2) is 0 Å². The Morgan fingerprint density at radius 1 is 0.828 bits per heavy atom. The number of hydrogen-bond donors (Lipinski definition) is 0. The Hall–Kier alpha value is -2.30. The first kappa shape index (κ1) is 21.4. The molecule has 0 radical (unpaired) electrons. The van der Waals surface area contributed by atoms with E-state index in [4.69, 9.17) is 18.8 Å². The SMILES string of the molecule is CC1(C)OB(c2ccc(OCOc3ccc(OS(=O)(=O)F)cc3)cc2)OC1(C)C. The highest BCUT2D eigenvalue weighted by Crippen LogP contribution is 2.36. The molecule has 3 rings (SSSR count). The molecule has 0 saturated carbocycles. The van der Waals surface area contributed by atoms with Crippen LogP contribution in [0.2, 0.25) is 0 Å². The highest BCUT2D eigenvalue weighted by atomic mass is 32.3. The van der Waals surface area contributed by atoms with Gasteiger partial charge < -0.3 is 23.0 Å². The minimum absolute atomic E-state index is 0.0720.